The first kappa shape index (κ1) is 14.1. The highest BCUT2D eigenvalue weighted by Crippen LogP contribution is 2.34. The number of ether oxygens (including phenoxy) is 1. The summed E-state index contributed by atoms with van der Waals surface area (Å²) in [5.74, 6) is 0. The van der Waals surface area contributed by atoms with E-state index in [1.165, 1.54) is 6.33 Å². The predicted molar refractivity (Wildman–Crippen MR) is 72.8 cm³/mol. The van der Waals surface area contributed by atoms with E-state index in [0.29, 0.717) is 21.1 Å². The third kappa shape index (κ3) is 2.09. The van der Waals surface area contributed by atoms with Crippen molar-refractivity contribution in [2.24, 2.45) is 0 Å². The summed E-state index contributed by atoms with van der Waals surface area (Å²) in [7, 11) is 0. The van der Waals surface area contributed by atoms with Crippen molar-refractivity contribution in [3.05, 3.63) is 28.5 Å². The van der Waals surface area contributed by atoms with Gasteiger partial charge in [0, 0.05) is 0 Å². The lowest BCUT2D eigenvalue weighted by Crippen LogP contribution is -2.33. The number of rotatable bonds is 2. The molecule has 0 saturated carbocycles. The van der Waals surface area contributed by atoms with Crippen LogP contribution >= 0.6 is 23.2 Å². The van der Waals surface area contributed by atoms with Gasteiger partial charge in [-0.3, -0.25) is 0 Å². The number of imidazole rings is 1. The average molecular weight is 319 g/mol. The SMILES string of the molecule is OC[C@H]1O[C@H](n2cnc3cc(Cl)c(Cl)cc32)[C@H](O)[C@@H]1O. The molecule has 20 heavy (non-hydrogen) atoms. The lowest BCUT2D eigenvalue weighted by Gasteiger charge is -2.17. The topological polar surface area (TPSA) is 87.7 Å². The molecule has 0 spiro atoms. The van der Waals surface area contributed by atoms with Gasteiger partial charge in [-0.05, 0) is 12.1 Å². The van der Waals surface area contributed by atoms with Crippen LogP contribution in [0.1, 0.15) is 6.23 Å². The molecule has 1 aromatic carbocycles. The largest absolute Gasteiger partial charge is 0.394 e. The zero-order chi connectivity index (χ0) is 14.4. The molecule has 6 nitrogen and oxygen atoms in total. The third-order valence-corrected chi connectivity index (χ3v) is 4.13. The van der Waals surface area contributed by atoms with Crippen LogP contribution in [0.15, 0.2) is 18.5 Å². The van der Waals surface area contributed by atoms with E-state index < -0.39 is 24.5 Å². The van der Waals surface area contributed by atoms with Crippen LogP contribution in [0, 0.1) is 0 Å². The van der Waals surface area contributed by atoms with E-state index in [2.05, 4.69) is 4.98 Å². The van der Waals surface area contributed by atoms with E-state index in [0.717, 1.165) is 0 Å². The minimum Gasteiger partial charge on any atom is -0.394 e. The number of fused-ring (bicyclic) bond motifs is 1. The molecule has 1 fully saturated rings. The van der Waals surface area contributed by atoms with Crippen molar-refractivity contribution in [2.75, 3.05) is 6.61 Å². The van der Waals surface area contributed by atoms with Crippen LogP contribution in [-0.2, 0) is 4.74 Å². The van der Waals surface area contributed by atoms with Crippen molar-refractivity contribution in [3.63, 3.8) is 0 Å². The smallest absolute Gasteiger partial charge is 0.164 e. The van der Waals surface area contributed by atoms with Crippen molar-refractivity contribution in [2.45, 2.75) is 24.5 Å². The van der Waals surface area contributed by atoms with Gasteiger partial charge in [0.25, 0.3) is 0 Å². The van der Waals surface area contributed by atoms with Crippen molar-refractivity contribution >= 4 is 34.2 Å². The van der Waals surface area contributed by atoms with Crippen molar-refractivity contribution < 1.29 is 20.1 Å². The van der Waals surface area contributed by atoms with E-state index in [4.69, 9.17) is 33.0 Å². The fraction of sp³-hybridized carbons (Fsp3) is 0.417. The lowest BCUT2D eigenvalue weighted by molar-refractivity contribution is -0.0508. The van der Waals surface area contributed by atoms with Gasteiger partial charge in [-0.1, -0.05) is 23.2 Å². The minimum absolute atomic E-state index is 0.354. The number of benzene rings is 1. The number of aliphatic hydroxyl groups excluding tert-OH is 3. The highest BCUT2D eigenvalue weighted by molar-refractivity contribution is 6.42. The number of hydrogen-bond acceptors (Lipinski definition) is 5. The molecule has 1 aromatic heterocycles. The summed E-state index contributed by atoms with van der Waals surface area (Å²) in [6.45, 7) is -0.381. The van der Waals surface area contributed by atoms with Crippen molar-refractivity contribution in [3.8, 4) is 0 Å². The molecule has 3 rings (SSSR count). The number of aliphatic hydroxyl groups is 3. The van der Waals surface area contributed by atoms with E-state index in [9.17, 15) is 10.2 Å². The van der Waals surface area contributed by atoms with Gasteiger partial charge in [0.15, 0.2) is 6.23 Å². The molecular formula is C12H12Cl2N2O4. The van der Waals surface area contributed by atoms with Gasteiger partial charge in [0.05, 0.1) is 34.0 Å². The second kappa shape index (κ2) is 5.14. The van der Waals surface area contributed by atoms with Crippen LogP contribution in [0.4, 0.5) is 0 Å². The lowest BCUT2D eigenvalue weighted by atomic mass is 10.1. The Hall–Kier alpha value is -0.890. The van der Waals surface area contributed by atoms with Gasteiger partial charge in [-0.15, -0.1) is 0 Å². The number of aromatic nitrogens is 2. The molecule has 4 atom stereocenters. The molecule has 8 heteroatoms. The summed E-state index contributed by atoms with van der Waals surface area (Å²) in [6.07, 6.45) is -2.54. The molecule has 3 N–H and O–H groups in total. The highest BCUT2D eigenvalue weighted by Gasteiger charge is 2.43. The van der Waals surface area contributed by atoms with Gasteiger partial charge >= 0.3 is 0 Å². The van der Waals surface area contributed by atoms with E-state index >= 15 is 0 Å². The van der Waals surface area contributed by atoms with Crippen LogP contribution in [0.5, 0.6) is 0 Å². The summed E-state index contributed by atoms with van der Waals surface area (Å²) in [4.78, 5) is 4.16. The fourth-order valence-corrected chi connectivity index (χ4v) is 2.65. The molecule has 2 aromatic rings. The first-order valence-electron chi connectivity index (χ1n) is 5.97. The molecule has 0 unspecified atom stereocenters. The van der Waals surface area contributed by atoms with Crippen LogP contribution in [0.25, 0.3) is 11.0 Å². The Morgan fingerprint density at radius 2 is 1.90 bits per heavy atom. The summed E-state index contributed by atoms with van der Waals surface area (Å²) in [6, 6.07) is 3.22. The predicted octanol–water partition coefficient (Wildman–Crippen LogP) is 0.955. The fourth-order valence-electron chi connectivity index (χ4n) is 2.34. The number of halogens is 2. The zero-order valence-electron chi connectivity index (χ0n) is 10.1. The Morgan fingerprint density at radius 3 is 2.55 bits per heavy atom. The molecule has 0 aliphatic carbocycles. The average Bonchev–Trinajstić information content (AvgIpc) is 2.94. The van der Waals surface area contributed by atoms with E-state index in [1.807, 2.05) is 0 Å². The summed E-state index contributed by atoms with van der Waals surface area (Å²) >= 11 is 11.9. The van der Waals surface area contributed by atoms with E-state index in [1.54, 1.807) is 16.7 Å². The van der Waals surface area contributed by atoms with Gasteiger partial charge in [-0.25, -0.2) is 4.98 Å². The van der Waals surface area contributed by atoms with Crippen LogP contribution in [-0.4, -0.2) is 49.8 Å². The molecular weight excluding hydrogens is 307 g/mol. The van der Waals surface area contributed by atoms with Gasteiger partial charge < -0.3 is 24.6 Å². The molecule has 108 valence electrons. The van der Waals surface area contributed by atoms with E-state index in [-0.39, 0.29) is 6.61 Å². The highest BCUT2D eigenvalue weighted by atomic mass is 35.5. The Balaban J connectivity index is 2.05. The van der Waals surface area contributed by atoms with Gasteiger partial charge in [0.1, 0.15) is 18.3 Å². The molecule has 1 aliphatic heterocycles. The standard InChI is InChI=1S/C12H12Cl2N2O4/c13-5-1-7-8(2-6(5)14)16(4-15-7)12-11(19)10(18)9(3-17)20-12/h1-2,4,9-12,17-19H,3H2/t9-,10-,11-,12+/m1/s1. The van der Waals surface area contributed by atoms with Gasteiger partial charge in [-0.2, -0.15) is 0 Å². The normalized spacial score (nSPS) is 30.2. The summed E-state index contributed by atoms with van der Waals surface area (Å²) in [5, 5.41) is 29.6. The van der Waals surface area contributed by atoms with Crippen LogP contribution < -0.4 is 0 Å². The van der Waals surface area contributed by atoms with Crippen molar-refractivity contribution in [1.29, 1.82) is 0 Å². The van der Waals surface area contributed by atoms with Gasteiger partial charge in [0.2, 0.25) is 0 Å². The second-order valence-corrected chi connectivity index (χ2v) is 5.45. The molecule has 2 heterocycles. The molecule has 0 bridgehead atoms. The van der Waals surface area contributed by atoms with Crippen LogP contribution in [0.2, 0.25) is 10.0 Å². The second-order valence-electron chi connectivity index (χ2n) is 4.64. The first-order valence-corrected chi connectivity index (χ1v) is 6.72. The Bertz CT molecular complexity index is 648. The maximum absolute atomic E-state index is 10.0. The van der Waals surface area contributed by atoms with Crippen LogP contribution in [0.3, 0.4) is 0 Å². The molecule has 0 amide bonds. The van der Waals surface area contributed by atoms with Crippen molar-refractivity contribution in [1.82, 2.24) is 9.55 Å². The summed E-state index contributed by atoms with van der Waals surface area (Å²) in [5.41, 5.74) is 1.21. The summed E-state index contributed by atoms with van der Waals surface area (Å²) < 4.78 is 7.01. The maximum atomic E-state index is 10.0. The molecule has 1 aliphatic rings. The zero-order valence-corrected chi connectivity index (χ0v) is 11.7. The quantitative estimate of drug-likeness (QED) is 0.767. The number of hydrogen-bond donors (Lipinski definition) is 3. The third-order valence-electron chi connectivity index (χ3n) is 3.41. The monoisotopic (exact) mass is 318 g/mol. The Labute approximate surface area is 124 Å². The number of nitrogens with zero attached hydrogens (tertiary/aromatic N) is 2. The molecule has 0 radical (unpaired) electrons. The Kier molecular flexibility index (Phi) is 3.62. The first-order chi connectivity index (χ1) is 9.52. The Morgan fingerprint density at radius 1 is 1.20 bits per heavy atom. The molecule has 1 saturated heterocycles. The minimum atomic E-state index is -1.17. The maximum Gasteiger partial charge on any atom is 0.164 e.